The second kappa shape index (κ2) is 6.71. The number of carbonyl (C=O) groups is 2. The molecule has 0 aliphatic carbocycles. The lowest BCUT2D eigenvalue weighted by Crippen LogP contribution is -2.50. The van der Waals surface area contributed by atoms with Crippen LogP contribution >= 0.6 is 0 Å². The van der Waals surface area contributed by atoms with Gasteiger partial charge in [0.15, 0.2) is 0 Å². The fourth-order valence-corrected chi connectivity index (χ4v) is 2.25. The maximum absolute atomic E-state index is 12.3. The Hall–Kier alpha value is -2.61. The van der Waals surface area contributed by atoms with Gasteiger partial charge in [-0.2, -0.15) is 5.26 Å². The number of hydrogen-bond donors (Lipinski definition) is 0. The Kier molecular flexibility index (Phi) is 4.72. The van der Waals surface area contributed by atoms with E-state index in [-0.39, 0.29) is 17.4 Å². The molecule has 0 bridgehead atoms. The molecule has 0 spiro atoms. The van der Waals surface area contributed by atoms with Gasteiger partial charge in [0.05, 0.1) is 0 Å². The summed E-state index contributed by atoms with van der Waals surface area (Å²) >= 11 is 0. The Balaban J connectivity index is 2.07. The number of nitriles is 1. The minimum Gasteiger partial charge on any atom is -0.339 e. The molecule has 1 fully saturated rings. The van der Waals surface area contributed by atoms with Crippen LogP contribution in [0.2, 0.25) is 0 Å². The van der Waals surface area contributed by atoms with Crippen LogP contribution in [0.1, 0.15) is 12.5 Å². The lowest BCUT2D eigenvalue weighted by molar-refractivity contribution is -0.135. The van der Waals surface area contributed by atoms with E-state index >= 15 is 0 Å². The van der Waals surface area contributed by atoms with Gasteiger partial charge in [-0.05, 0) is 11.6 Å². The molecule has 21 heavy (non-hydrogen) atoms. The van der Waals surface area contributed by atoms with Crippen molar-refractivity contribution in [1.29, 1.82) is 5.26 Å². The van der Waals surface area contributed by atoms with Crippen LogP contribution in [0.15, 0.2) is 35.9 Å². The van der Waals surface area contributed by atoms with Crippen LogP contribution in [0.5, 0.6) is 0 Å². The highest BCUT2D eigenvalue weighted by Crippen LogP contribution is 2.11. The third kappa shape index (κ3) is 3.69. The minimum absolute atomic E-state index is 0.0161. The Labute approximate surface area is 124 Å². The predicted molar refractivity (Wildman–Crippen MR) is 78.9 cm³/mol. The number of hydrogen-bond acceptors (Lipinski definition) is 3. The summed E-state index contributed by atoms with van der Waals surface area (Å²) in [5.74, 6) is -0.257. The largest absolute Gasteiger partial charge is 0.339 e. The number of nitrogens with zero attached hydrogens (tertiary/aromatic N) is 3. The van der Waals surface area contributed by atoms with E-state index in [4.69, 9.17) is 0 Å². The van der Waals surface area contributed by atoms with Crippen LogP contribution in [0.25, 0.3) is 6.08 Å². The fourth-order valence-electron chi connectivity index (χ4n) is 2.25. The van der Waals surface area contributed by atoms with Gasteiger partial charge >= 0.3 is 0 Å². The van der Waals surface area contributed by atoms with Crippen LogP contribution < -0.4 is 0 Å². The molecule has 2 amide bonds. The molecule has 0 saturated carbocycles. The van der Waals surface area contributed by atoms with Gasteiger partial charge in [-0.3, -0.25) is 9.59 Å². The quantitative estimate of drug-likeness (QED) is 0.607. The monoisotopic (exact) mass is 283 g/mol. The molecule has 0 atom stereocenters. The van der Waals surface area contributed by atoms with E-state index in [1.165, 1.54) is 6.92 Å². The van der Waals surface area contributed by atoms with E-state index in [1.54, 1.807) is 15.9 Å². The Morgan fingerprint density at radius 1 is 1.10 bits per heavy atom. The van der Waals surface area contributed by atoms with Crippen molar-refractivity contribution in [3.05, 3.63) is 41.5 Å². The molecule has 1 aliphatic rings. The molecule has 1 aliphatic heterocycles. The molecule has 1 heterocycles. The number of rotatable bonds is 2. The third-order valence-corrected chi connectivity index (χ3v) is 3.47. The van der Waals surface area contributed by atoms with Gasteiger partial charge in [-0.25, -0.2) is 0 Å². The summed E-state index contributed by atoms with van der Waals surface area (Å²) in [5, 5.41) is 9.20. The van der Waals surface area contributed by atoms with E-state index < -0.39 is 0 Å². The summed E-state index contributed by atoms with van der Waals surface area (Å²) < 4.78 is 0. The van der Waals surface area contributed by atoms with Crippen LogP contribution in [0.4, 0.5) is 0 Å². The SMILES string of the molecule is CC(=O)N1CCN(C(=O)/C(C#N)=C\c2ccccc2)CC1. The average molecular weight is 283 g/mol. The Bertz CT molecular complexity index is 594. The summed E-state index contributed by atoms with van der Waals surface area (Å²) in [7, 11) is 0. The van der Waals surface area contributed by atoms with Gasteiger partial charge < -0.3 is 9.80 Å². The second-order valence-electron chi connectivity index (χ2n) is 4.88. The molecule has 1 aromatic rings. The molecule has 108 valence electrons. The maximum Gasteiger partial charge on any atom is 0.264 e. The van der Waals surface area contributed by atoms with Gasteiger partial charge in [0, 0.05) is 33.1 Å². The lowest BCUT2D eigenvalue weighted by Gasteiger charge is -2.34. The molecule has 5 nitrogen and oxygen atoms in total. The first kappa shape index (κ1) is 14.8. The molecule has 0 radical (unpaired) electrons. The highest BCUT2D eigenvalue weighted by atomic mass is 16.2. The zero-order valence-electron chi connectivity index (χ0n) is 12.0. The van der Waals surface area contributed by atoms with Crippen LogP contribution in [0, 0.1) is 11.3 Å². The van der Waals surface area contributed by atoms with Crippen molar-refractivity contribution in [3.8, 4) is 6.07 Å². The fraction of sp³-hybridized carbons (Fsp3) is 0.312. The molecule has 2 rings (SSSR count). The maximum atomic E-state index is 12.3. The minimum atomic E-state index is -0.274. The van der Waals surface area contributed by atoms with E-state index in [1.807, 2.05) is 36.4 Å². The summed E-state index contributed by atoms with van der Waals surface area (Å²) in [6.45, 7) is 3.49. The first-order valence-corrected chi connectivity index (χ1v) is 6.83. The van der Waals surface area contributed by atoms with Crippen molar-refractivity contribution in [2.75, 3.05) is 26.2 Å². The summed E-state index contributed by atoms with van der Waals surface area (Å²) in [5.41, 5.74) is 0.947. The topological polar surface area (TPSA) is 64.4 Å². The molecule has 0 N–H and O–H groups in total. The summed E-state index contributed by atoms with van der Waals surface area (Å²) in [6.07, 6.45) is 1.60. The van der Waals surface area contributed by atoms with Gasteiger partial charge in [0.2, 0.25) is 5.91 Å². The first-order valence-electron chi connectivity index (χ1n) is 6.83. The van der Waals surface area contributed by atoms with Gasteiger partial charge in [-0.15, -0.1) is 0 Å². The number of piperazine rings is 1. The van der Waals surface area contributed by atoms with E-state index in [2.05, 4.69) is 0 Å². The van der Waals surface area contributed by atoms with Crippen LogP contribution in [-0.4, -0.2) is 47.8 Å². The van der Waals surface area contributed by atoms with Crippen molar-refractivity contribution < 1.29 is 9.59 Å². The van der Waals surface area contributed by atoms with Crippen LogP contribution in [-0.2, 0) is 9.59 Å². The molecule has 0 unspecified atom stereocenters. The zero-order chi connectivity index (χ0) is 15.2. The molecule has 1 aromatic carbocycles. The van der Waals surface area contributed by atoms with E-state index in [0.29, 0.717) is 26.2 Å². The highest BCUT2D eigenvalue weighted by Gasteiger charge is 2.24. The number of carbonyl (C=O) groups excluding carboxylic acids is 2. The predicted octanol–water partition coefficient (Wildman–Crippen LogP) is 1.28. The number of amides is 2. The third-order valence-electron chi connectivity index (χ3n) is 3.47. The smallest absolute Gasteiger partial charge is 0.264 e. The van der Waals surface area contributed by atoms with Gasteiger partial charge in [0.1, 0.15) is 11.6 Å². The molecular weight excluding hydrogens is 266 g/mol. The van der Waals surface area contributed by atoms with Crippen molar-refractivity contribution in [3.63, 3.8) is 0 Å². The number of benzene rings is 1. The molecule has 1 saturated heterocycles. The van der Waals surface area contributed by atoms with Crippen molar-refractivity contribution in [2.24, 2.45) is 0 Å². The second-order valence-corrected chi connectivity index (χ2v) is 4.88. The van der Waals surface area contributed by atoms with Crippen molar-refractivity contribution in [1.82, 2.24) is 9.80 Å². The van der Waals surface area contributed by atoms with E-state index in [9.17, 15) is 14.9 Å². The van der Waals surface area contributed by atoms with Crippen molar-refractivity contribution >= 4 is 17.9 Å². The lowest BCUT2D eigenvalue weighted by atomic mass is 10.1. The molecular formula is C16H17N3O2. The standard InChI is InChI=1S/C16H17N3O2/c1-13(20)18-7-9-19(10-8-18)16(21)15(12-17)11-14-5-3-2-4-6-14/h2-6,11H,7-10H2,1H3/b15-11-. The van der Waals surface area contributed by atoms with E-state index in [0.717, 1.165) is 5.56 Å². The molecule has 0 aromatic heterocycles. The van der Waals surface area contributed by atoms with Crippen LogP contribution in [0.3, 0.4) is 0 Å². The first-order chi connectivity index (χ1) is 10.1. The Morgan fingerprint density at radius 2 is 1.67 bits per heavy atom. The highest BCUT2D eigenvalue weighted by molar-refractivity contribution is 6.01. The zero-order valence-corrected chi connectivity index (χ0v) is 12.0. The summed E-state index contributed by atoms with van der Waals surface area (Å²) in [4.78, 5) is 26.9. The Morgan fingerprint density at radius 3 is 2.19 bits per heavy atom. The van der Waals surface area contributed by atoms with Gasteiger partial charge in [-0.1, -0.05) is 30.3 Å². The normalized spacial score (nSPS) is 15.5. The van der Waals surface area contributed by atoms with Gasteiger partial charge in [0.25, 0.3) is 5.91 Å². The van der Waals surface area contributed by atoms with Crippen molar-refractivity contribution in [2.45, 2.75) is 6.92 Å². The average Bonchev–Trinajstić information content (AvgIpc) is 2.53. The summed E-state index contributed by atoms with van der Waals surface area (Å²) in [6, 6.07) is 11.3. The molecule has 5 heteroatoms.